The molecule has 0 fully saturated rings. The molecule has 2 N–H and O–H groups in total. The first kappa shape index (κ1) is 18.8. The molecule has 24 heavy (non-hydrogen) atoms. The third kappa shape index (κ3) is 7.13. The van der Waals surface area contributed by atoms with Crippen LogP contribution in [0.4, 0.5) is 0 Å². The number of hydrogen-bond acceptors (Lipinski definition) is 5. The van der Waals surface area contributed by atoms with Gasteiger partial charge in [0.05, 0.1) is 7.11 Å². The van der Waals surface area contributed by atoms with Gasteiger partial charge >= 0.3 is 11.9 Å². The van der Waals surface area contributed by atoms with Crippen LogP contribution < -0.4 is 9.47 Å². The van der Waals surface area contributed by atoms with Crippen molar-refractivity contribution in [1.82, 2.24) is 0 Å². The van der Waals surface area contributed by atoms with Crippen molar-refractivity contribution in [3.8, 4) is 17.2 Å². The van der Waals surface area contributed by atoms with Gasteiger partial charge in [0, 0.05) is 18.6 Å². The predicted molar refractivity (Wildman–Crippen MR) is 89.1 cm³/mol. The molecule has 0 atom stereocenters. The standard InChI is InChI=1S/C10H10O3.C8H8O3/c1-13-9-5-3-2-4-8(9)6-7-10(11)12;1-6(9)11-8-4-2-7(10)3-5-8/h2-7H,1H3,(H,11,12);2-5,10H,1H3. The first-order valence-corrected chi connectivity index (χ1v) is 6.94. The van der Waals surface area contributed by atoms with Gasteiger partial charge in [-0.25, -0.2) is 4.79 Å². The smallest absolute Gasteiger partial charge is 0.328 e. The number of para-hydroxylation sites is 1. The Hall–Kier alpha value is -3.28. The van der Waals surface area contributed by atoms with Crippen LogP contribution in [-0.4, -0.2) is 29.3 Å². The molecule has 6 heteroatoms. The van der Waals surface area contributed by atoms with Gasteiger partial charge in [-0.2, -0.15) is 0 Å². The number of ether oxygens (including phenoxy) is 2. The Morgan fingerprint density at radius 1 is 1.04 bits per heavy atom. The minimum Gasteiger partial charge on any atom is -0.508 e. The van der Waals surface area contributed by atoms with Crippen LogP contribution in [0.1, 0.15) is 12.5 Å². The first-order valence-electron chi connectivity index (χ1n) is 6.94. The fourth-order valence-corrected chi connectivity index (χ4v) is 1.65. The summed E-state index contributed by atoms with van der Waals surface area (Å²) in [6.45, 7) is 1.33. The molecule has 126 valence electrons. The molecule has 6 nitrogen and oxygen atoms in total. The molecule has 0 spiro atoms. The number of carboxylic acid groups (broad SMARTS) is 1. The number of benzene rings is 2. The second kappa shape index (κ2) is 9.68. The van der Waals surface area contributed by atoms with Crippen molar-refractivity contribution in [2.45, 2.75) is 6.92 Å². The Kier molecular flexibility index (Phi) is 7.57. The molecular weight excluding hydrogens is 312 g/mol. The van der Waals surface area contributed by atoms with Crippen LogP contribution in [0, 0.1) is 0 Å². The number of carbonyl (C=O) groups excluding carboxylic acids is 1. The molecule has 2 aromatic rings. The lowest BCUT2D eigenvalue weighted by Crippen LogP contribution is -2.00. The fraction of sp³-hybridized carbons (Fsp3) is 0.111. The zero-order chi connectivity index (χ0) is 17.9. The third-order valence-electron chi connectivity index (χ3n) is 2.64. The molecule has 0 aliphatic heterocycles. The highest BCUT2D eigenvalue weighted by Gasteiger charge is 1.97. The quantitative estimate of drug-likeness (QED) is 0.508. The van der Waals surface area contributed by atoms with E-state index < -0.39 is 5.97 Å². The molecule has 2 aromatic carbocycles. The second-order valence-electron chi connectivity index (χ2n) is 4.50. The minimum absolute atomic E-state index is 0.154. The lowest BCUT2D eigenvalue weighted by molar-refractivity contribution is -0.132. The molecule has 0 unspecified atom stereocenters. The molecule has 2 rings (SSSR count). The van der Waals surface area contributed by atoms with E-state index in [9.17, 15) is 9.59 Å². The summed E-state index contributed by atoms with van der Waals surface area (Å²) in [5.41, 5.74) is 0.757. The van der Waals surface area contributed by atoms with Crippen molar-refractivity contribution >= 4 is 18.0 Å². The molecule has 0 bridgehead atoms. The molecule has 0 aliphatic carbocycles. The highest BCUT2D eigenvalue weighted by atomic mass is 16.5. The van der Waals surface area contributed by atoms with Gasteiger partial charge in [-0.05, 0) is 36.4 Å². The van der Waals surface area contributed by atoms with Crippen LogP contribution in [0.3, 0.4) is 0 Å². The van der Waals surface area contributed by atoms with Gasteiger partial charge in [-0.3, -0.25) is 4.79 Å². The molecule has 0 aromatic heterocycles. The fourth-order valence-electron chi connectivity index (χ4n) is 1.65. The van der Waals surface area contributed by atoms with E-state index in [2.05, 4.69) is 0 Å². The summed E-state index contributed by atoms with van der Waals surface area (Å²) in [6.07, 6.45) is 2.58. The van der Waals surface area contributed by atoms with Gasteiger partial charge in [-0.1, -0.05) is 18.2 Å². The van der Waals surface area contributed by atoms with Gasteiger partial charge in [0.25, 0.3) is 0 Å². The molecule has 0 saturated carbocycles. The van der Waals surface area contributed by atoms with Crippen molar-refractivity contribution in [3.63, 3.8) is 0 Å². The van der Waals surface area contributed by atoms with E-state index in [1.54, 1.807) is 19.2 Å². The number of aromatic hydroxyl groups is 1. The summed E-state index contributed by atoms with van der Waals surface area (Å²) in [5.74, 6) is -0.0715. The maximum absolute atomic E-state index is 10.4. The molecule has 0 saturated heterocycles. The summed E-state index contributed by atoms with van der Waals surface area (Å²) < 4.78 is 9.75. The predicted octanol–water partition coefficient (Wildman–Crippen LogP) is 3.11. The van der Waals surface area contributed by atoms with E-state index in [1.165, 1.54) is 37.3 Å². The van der Waals surface area contributed by atoms with Crippen LogP contribution in [-0.2, 0) is 9.59 Å². The average Bonchev–Trinajstić information content (AvgIpc) is 2.55. The molecule has 0 amide bonds. The van der Waals surface area contributed by atoms with Crippen molar-refractivity contribution in [1.29, 1.82) is 0 Å². The number of rotatable bonds is 4. The normalized spacial score (nSPS) is 9.75. The van der Waals surface area contributed by atoms with E-state index in [1.807, 2.05) is 12.1 Å². The van der Waals surface area contributed by atoms with E-state index in [4.69, 9.17) is 19.7 Å². The summed E-state index contributed by atoms with van der Waals surface area (Å²) in [6, 6.07) is 13.2. The van der Waals surface area contributed by atoms with Gasteiger partial charge < -0.3 is 19.7 Å². The van der Waals surface area contributed by atoms with Crippen LogP contribution in [0.2, 0.25) is 0 Å². The maximum Gasteiger partial charge on any atom is 0.328 e. The second-order valence-corrected chi connectivity index (χ2v) is 4.50. The van der Waals surface area contributed by atoms with Gasteiger partial charge in [0.1, 0.15) is 17.2 Å². The van der Waals surface area contributed by atoms with Gasteiger partial charge in [0.15, 0.2) is 0 Å². The summed E-state index contributed by atoms with van der Waals surface area (Å²) in [7, 11) is 1.55. The summed E-state index contributed by atoms with van der Waals surface area (Å²) in [5, 5.41) is 17.3. The number of carbonyl (C=O) groups is 2. The zero-order valence-corrected chi connectivity index (χ0v) is 13.3. The highest BCUT2D eigenvalue weighted by Crippen LogP contribution is 2.18. The van der Waals surface area contributed by atoms with E-state index in [0.29, 0.717) is 11.5 Å². The van der Waals surface area contributed by atoms with Crippen LogP contribution in [0.5, 0.6) is 17.2 Å². The number of aliphatic carboxylic acids is 1. The van der Waals surface area contributed by atoms with Crippen molar-refractivity contribution in [2.75, 3.05) is 7.11 Å². The molecule has 0 heterocycles. The Balaban J connectivity index is 0.000000243. The SMILES string of the molecule is CC(=O)Oc1ccc(O)cc1.COc1ccccc1C=CC(=O)O. The van der Waals surface area contributed by atoms with Crippen LogP contribution in [0.25, 0.3) is 6.08 Å². The Morgan fingerprint density at radius 2 is 1.67 bits per heavy atom. The van der Waals surface area contributed by atoms with Gasteiger partial charge in [-0.15, -0.1) is 0 Å². The van der Waals surface area contributed by atoms with Crippen molar-refractivity contribution < 1.29 is 29.3 Å². The van der Waals surface area contributed by atoms with Crippen molar-refractivity contribution in [3.05, 3.63) is 60.2 Å². The number of esters is 1. The Bertz CT molecular complexity index is 704. The molecule has 0 aliphatic rings. The average molecular weight is 330 g/mol. The minimum atomic E-state index is -0.967. The Morgan fingerprint density at radius 3 is 2.21 bits per heavy atom. The maximum atomic E-state index is 10.4. The van der Waals surface area contributed by atoms with Crippen LogP contribution in [0.15, 0.2) is 54.6 Å². The monoisotopic (exact) mass is 330 g/mol. The largest absolute Gasteiger partial charge is 0.508 e. The molecule has 0 radical (unpaired) electrons. The van der Waals surface area contributed by atoms with Crippen molar-refractivity contribution in [2.24, 2.45) is 0 Å². The lowest BCUT2D eigenvalue weighted by Gasteiger charge is -2.02. The zero-order valence-electron chi connectivity index (χ0n) is 13.3. The third-order valence-corrected chi connectivity index (χ3v) is 2.64. The summed E-state index contributed by atoms with van der Waals surface area (Å²) in [4.78, 5) is 20.7. The summed E-state index contributed by atoms with van der Waals surface area (Å²) >= 11 is 0. The number of hydrogen-bond donors (Lipinski definition) is 2. The molecular formula is C18H18O6. The highest BCUT2D eigenvalue weighted by molar-refractivity contribution is 5.85. The number of phenols is 1. The van der Waals surface area contributed by atoms with E-state index in [0.717, 1.165) is 11.6 Å². The van der Waals surface area contributed by atoms with Gasteiger partial charge in [0.2, 0.25) is 0 Å². The number of carboxylic acids is 1. The number of phenolic OH excluding ortho intramolecular Hbond substituents is 1. The van der Waals surface area contributed by atoms with E-state index >= 15 is 0 Å². The lowest BCUT2D eigenvalue weighted by atomic mass is 10.2. The Labute approximate surface area is 139 Å². The first-order chi connectivity index (χ1) is 11.4. The van der Waals surface area contributed by atoms with Crippen LogP contribution >= 0.6 is 0 Å². The number of methoxy groups -OCH3 is 1. The topological polar surface area (TPSA) is 93.1 Å². The van der Waals surface area contributed by atoms with E-state index in [-0.39, 0.29) is 11.7 Å².